The fourth-order valence-corrected chi connectivity index (χ4v) is 3.55. The van der Waals surface area contributed by atoms with Gasteiger partial charge in [-0.2, -0.15) is 10.2 Å². The first-order valence-corrected chi connectivity index (χ1v) is 9.91. The Morgan fingerprint density at radius 2 is 1.84 bits per heavy atom. The normalized spacial score (nSPS) is 10.7. The van der Waals surface area contributed by atoms with Gasteiger partial charge in [-0.3, -0.25) is 14.3 Å². The number of nitrogens with zero attached hydrogens (tertiary/aromatic N) is 4. The molecule has 32 heavy (non-hydrogen) atoms. The molecule has 0 aliphatic heterocycles. The molecule has 0 unspecified atom stereocenters. The number of aryl methyl sites for hydroxylation is 1. The molecular formula is C24H21N5O3. The van der Waals surface area contributed by atoms with Crippen molar-refractivity contribution >= 4 is 16.7 Å². The Morgan fingerprint density at radius 3 is 2.59 bits per heavy atom. The van der Waals surface area contributed by atoms with E-state index in [1.54, 1.807) is 38.4 Å². The Bertz CT molecular complexity index is 1410. The van der Waals surface area contributed by atoms with E-state index in [2.05, 4.69) is 21.4 Å². The number of para-hydroxylation sites is 1. The van der Waals surface area contributed by atoms with E-state index in [-0.39, 0.29) is 24.6 Å². The minimum Gasteiger partial charge on any atom is -0.496 e. The van der Waals surface area contributed by atoms with Crippen molar-refractivity contribution in [3.05, 3.63) is 76.3 Å². The van der Waals surface area contributed by atoms with Crippen molar-refractivity contribution in [1.82, 2.24) is 24.9 Å². The minimum atomic E-state index is -0.318. The molecule has 2 heterocycles. The average molecular weight is 427 g/mol. The number of fused-ring (bicyclic) bond motifs is 1. The fraction of sp³-hybridized carbons (Fsp3) is 0.167. The number of methoxy groups -OCH3 is 1. The summed E-state index contributed by atoms with van der Waals surface area (Å²) in [6.45, 7) is 0.175. The van der Waals surface area contributed by atoms with E-state index in [9.17, 15) is 9.59 Å². The maximum Gasteiger partial charge on any atom is 0.275 e. The number of nitrogens with one attached hydrogen (secondary N) is 1. The molecule has 0 saturated heterocycles. The molecule has 2 aromatic carbocycles. The lowest BCUT2D eigenvalue weighted by Crippen LogP contribution is -2.29. The highest BCUT2D eigenvalue weighted by atomic mass is 16.5. The monoisotopic (exact) mass is 427 g/mol. The van der Waals surface area contributed by atoms with Gasteiger partial charge in [0.05, 0.1) is 30.4 Å². The van der Waals surface area contributed by atoms with Gasteiger partial charge < -0.3 is 10.1 Å². The van der Waals surface area contributed by atoms with E-state index in [4.69, 9.17) is 11.2 Å². The molecule has 0 bridgehead atoms. The number of aromatic nitrogens is 4. The van der Waals surface area contributed by atoms with Crippen molar-refractivity contribution in [2.24, 2.45) is 7.05 Å². The predicted octanol–water partition coefficient (Wildman–Crippen LogP) is 2.37. The van der Waals surface area contributed by atoms with Crippen molar-refractivity contribution in [2.45, 2.75) is 13.1 Å². The van der Waals surface area contributed by atoms with Gasteiger partial charge in [0.25, 0.3) is 11.5 Å². The molecule has 0 saturated carbocycles. The molecule has 0 fully saturated rings. The van der Waals surface area contributed by atoms with E-state index < -0.39 is 0 Å². The molecule has 160 valence electrons. The van der Waals surface area contributed by atoms with Crippen LogP contribution in [0.15, 0.2) is 59.4 Å². The number of carbonyl (C=O) groups excluding carboxylic acids is 1. The molecule has 0 spiro atoms. The van der Waals surface area contributed by atoms with Crippen LogP contribution in [0.3, 0.4) is 0 Å². The fourth-order valence-electron chi connectivity index (χ4n) is 3.55. The highest BCUT2D eigenvalue weighted by Gasteiger charge is 2.17. The summed E-state index contributed by atoms with van der Waals surface area (Å²) in [4.78, 5) is 25.5. The van der Waals surface area contributed by atoms with Crippen molar-refractivity contribution in [3.8, 4) is 29.4 Å². The zero-order valence-electron chi connectivity index (χ0n) is 17.7. The topological polar surface area (TPSA) is 91.0 Å². The highest BCUT2D eigenvalue weighted by Crippen LogP contribution is 2.28. The van der Waals surface area contributed by atoms with Gasteiger partial charge in [-0.25, -0.2) is 4.68 Å². The van der Waals surface area contributed by atoms with Crippen LogP contribution in [-0.4, -0.2) is 32.6 Å². The van der Waals surface area contributed by atoms with Crippen molar-refractivity contribution in [3.63, 3.8) is 0 Å². The summed E-state index contributed by atoms with van der Waals surface area (Å²) in [5.74, 6) is 2.79. The lowest BCUT2D eigenvalue weighted by atomic mass is 10.1. The zero-order chi connectivity index (χ0) is 22.7. The molecule has 0 aliphatic carbocycles. The van der Waals surface area contributed by atoms with Crippen LogP contribution in [0.5, 0.6) is 5.75 Å². The summed E-state index contributed by atoms with van der Waals surface area (Å²) in [6, 6.07) is 16.3. The second-order valence-electron chi connectivity index (χ2n) is 7.08. The third-order valence-corrected chi connectivity index (χ3v) is 5.10. The SMILES string of the molecule is C#CCn1nc(CNC(=O)c2cc(-c3ccccc3OC)nn2C)c2ccccc2c1=O. The lowest BCUT2D eigenvalue weighted by Gasteiger charge is -2.10. The molecule has 0 radical (unpaired) electrons. The minimum absolute atomic E-state index is 0.0502. The summed E-state index contributed by atoms with van der Waals surface area (Å²) in [5.41, 5.74) is 2.09. The van der Waals surface area contributed by atoms with Crippen molar-refractivity contribution in [1.29, 1.82) is 0 Å². The number of amides is 1. The molecule has 8 heteroatoms. The number of ether oxygens (including phenoxy) is 1. The Hall–Kier alpha value is -4.38. The van der Waals surface area contributed by atoms with E-state index in [1.807, 2.05) is 30.3 Å². The Balaban J connectivity index is 1.62. The van der Waals surface area contributed by atoms with Crippen LogP contribution in [0.1, 0.15) is 16.2 Å². The molecule has 4 rings (SSSR count). The smallest absolute Gasteiger partial charge is 0.275 e. The van der Waals surface area contributed by atoms with Crippen LogP contribution in [-0.2, 0) is 20.1 Å². The van der Waals surface area contributed by atoms with Gasteiger partial charge in [0, 0.05) is 18.0 Å². The van der Waals surface area contributed by atoms with Crippen LogP contribution >= 0.6 is 0 Å². The quantitative estimate of drug-likeness (QED) is 0.477. The van der Waals surface area contributed by atoms with Gasteiger partial charge in [0.1, 0.15) is 18.0 Å². The van der Waals surface area contributed by atoms with Gasteiger partial charge in [0.2, 0.25) is 0 Å². The van der Waals surface area contributed by atoms with Crippen LogP contribution in [0.2, 0.25) is 0 Å². The third kappa shape index (κ3) is 3.84. The zero-order valence-corrected chi connectivity index (χ0v) is 17.7. The Kier molecular flexibility index (Phi) is 5.73. The summed E-state index contributed by atoms with van der Waals surface area (Å²) in [5, 5.41) is 12.9. The summed E-state index contributed by atoms with van der Waals surface area (Å²) in [6.07, 6.45) is 5.37. The number of benzene rings is 2. The molecule has 2 aromatic heterocycles. The summed E-state index contributed by atoms with van der Waals surface area (Å²) < 4.78 is 8.14. The molecule has 1 N–H and O–H groups in total. The first kappa shape index (κ1) is 20.9. The molecule has 4 aromatic rings. The Morgan fingerprint density at radius 1 is 1.12 bits per heavy atom. The molecule has 8 nitrogen and oxygen atoms in total. The second-order valence-corrected chi connectivity index (χ2v) is 7.08. The predicted molar refractivity (Wildman–Crippen MR) is 121 cm³/mol. The van der Waals surface area contributed by atoms with E-state index in [0.29, 0.717) is 33.6 Å². The second kappa shape index (κ2) is 8.78. The number of hydrogen-bond acceptors (Lipinski definition) is 5. The van der Waals surface area contributed by atoms with Crippen LogP contribution in [0.25, 0.3) is 22.0 Å². The maximum atomic E-state index is 12.9. The third-order valence-electron chi connectivity index (χ3n) is 5.10. The number of hydrogen-bond donors (Lipinski definition) is 1. The highest BCUT2D eigenvalue weighted by molar-refractivity contribution is 5.94. The molecule has 1 amide bonds. The van der Waals surface area contributed by atoms with Gasteiger partial charge >= 0.3 is 0 Å². The maximum absolute atomic E-state index is 12.9. The first-order valence-electron chi connectivity index (χ1n) is 9.91. The average Bonchev–Trinajstić information content (AvgIpc) is 3.21. The van der Waals surface area contributed by atoms with E-state index >= 15 is 0 Å². The van der Waals surface area contributed by atoms with Gasteiger partial charge in [-0.1, -0.05) is 36.3 Å². The Labute approximate surface area is 184 Å². The van der Waals surface area contributed by atoms with Crippen molar-refractivity contribution in [2.75, 3.05) is 7.11 Å². The van der Waals surface area contributed by atoms with Crippen LogP contribution < -0.4 is 15.6 Å². The van der Waals surface area contributed by atoms with Crippen LogP contribution in [0, 0.1) is 12.3 Å². The molecule has 0 atom stereocenters. The van der Waals surface area contributed by atoms with Gasteiger partial charge in [0.15, 0.2) is 0 Å². The lowest BCUT2D eigenvalue weighted by molar-refractivity contribution is 0.0941. The van der Waals surface area contributed by atoms with Crippen LogP contribution in [0.4, 0.5) is 0 Å². The van der Waals surface area contributed by atoms with E-state index in [0.717, 1.165) is 5.56 Å². The number of carbonyl (C=O) groups is 1. The first-order chi connectivity index (χ1) is 15.5. The molecule has 0 aliphatic rings. The number of rotatable bonds is 6. The van der Waals surface area contributed by atoms with Crippen molar-refractivity contribution < 1.29 is 9.53 Å². The van der Waals surface area contributed by atoms with E-state index in [1.165, 1.54) is 9.36 Å². The number of terminal acetylenes is 1. The van der Waals surface area contributed by atoms with Gasteiger partial charge in [-0.15, -0.1) is 6.42 Å². The molecular weight excluding hydrogens is 406 g/mol. The summed E-state index contributed by atoms with van der Waals surface area (Å²) >= 11 is 0. The largest absolute Gasteiger partial charge is 0.496 e. The van der Waals surface area contributed by atoms with Gasteiger partial charge in [-0.05, 0) is 24.3 Å². The summed E-state index contributed by atoms with van der Waals surface area (Å²) in [7, 11) is 3.29. The standard InChI is InChI=1S/C24H21N5O3/c1-4-13-29-24(31)17-10-6-5-9-16(17)20(27-29)15-25-23(30)21-14-19(26-28(21)2)18-11-7-8-12-22(18)32-3/h1,5-12,14H,13,15H2,2-3H3,(H,25,30).